The fourth-order valence-electron chi connectivity index (χ4n) is 1.19. The van der Waals surface area contributed by atoms with Crippen LogP contribution in [0, 0.1) is 0 Å². The predicted octanol–water partition coefficient (Wildman–Crippen LogP) is 1.31. The number of nitrogens with one attached hydrogen (secondary N) is 1. The number of anilines is 1. The number of carbonyl (C=O) groups excluding carboxylic acids is 1. The molecule has 0 aliphatic heterocycles. The summed E-state index contributed by atoms with van der Waals surface area (Å²) in [6, 6.07) is 6.57. The predicted molar refractivity (Wildman–Crippen MR) is 65.7 cm³/mol. The minimum Gasteiger partial charge on any atom is -0.497 e. The molecule has 1 amide bonds. The van der Waals surface area contributed by atoms with Crippen molar-refractivity contribution >= 4 is 23.0 Å². The number of amides is 1. The standard InChI is InChI=1S/C11H13N3O4/c1-7(13-16)10(14-17)11(15)12-8-3-5-9(18-2)6-4-8/h3-6,16-17H,1-2H3,(H,12,15)/b13-7-,14-10+. The van der Waals surface area contributed by atoms with Crippen LogP contribution in [0.5, 0.6) is 5.75 Å². The van der Waals surface area contributed by atoms with Gasteiger partial charge in [0.25, 0.3) is 5.91 Å². The first-order valence-electron chi connectivity index (χ1n) is 4.99. The minimum atomic E-state index is -0.682. The van der Waals surface area contributed by atoms with E-state index in [9.17, 15) is 4.79 Å². The van der Waals surface area contributed by atoms with E-state index in [1.54, 1.807) is 24.3 Å². The molecular formula is C11H13N3O4. The van der Waals surface area contributed by atoms with E-state index in [2.05, 4.69) is 15.6 Å². The van der Waals surface area contributed by atoms with Crippen LogP contribution in [0.3, 0.4) is 0 Å². The number of carbonyl (C=O) groups is 1. The van der Waals surface area contributed by atoms with Crippen molar-refractivity contribution in [2.75, 3.05) is 12.4 Å². The Hall–Kier alpha value is -2.57. The minimum absolute atomic E-state index is 0.0940. The van der Waals surface area contributed by atoms with Crippen LogP contribution in [-0.2, 0) is 4.79 Å². The lowest BCUT2D eigenvalue weighted by atomic mass is 10.2. The zero-order valence-electron chi connectivity index (χ0n) is 9.91. The van der Waals surface area contributed by atoms with Crippen molar-refractivity contribution < 1.29 is 19.9 Å². The molecule has 18 heavy (non-hydrogen) atoms. The quantitative estimate of drug-likeness (QED) is 0.426. The van der Waals surface area contributed by atoms with E-state index >= 15 is 0 Å². The monoisotopic (exact) mass is 251 g/mol. The molecule has 0 radical (unpaired) electrons. The van der Waals surface area contributed by atoms with Crippen molar-refractivity contribution in [3.63, 3.8) is 0 Å². The summed E-state index contributed by atoms with van der Waals surface area (Å²) in [7, 11) is 1.53. The van der Waals surface area contributed by atoms with E-state index in [4.69, 9.17) is 15.2 Å². The fourth-order valence-corrected chi connectivity index (χ4v) is 1.19. The van der Waals surface area contributed by atoms with E-state index < -0.39 is 5.91 Å². The summed E-state index contributed by atoms with van der Waals surface area (Å²) in [5.74, 6) is -0.0323. The normalized spacial score (nSPS) is 12.1. The summed E-state index contributed by atoms with van der Waals surface area (Å²) in [4.78, 5) is 11.7. The molecule has 0 saturated heterocycles. The van der Waals surface area contributed by atoms with Crippen LogP contribution in [0.2, 0.25) is 0 Å². The summed E-state index contributed by atoms with van der Waals surface area (Å²) in [5, 5.41) is 25.2. The first kappa shape index (κ1) is 13.5. The molecule has 0 saturated carbocycles. The Morgan fingerprint density at radius 3 is 2.28 bits per heavy atom. The van der Waals surface area contributed by atoms with Crippen molar-refractivity contribution in [1.29, 1.82) is 0 Å². The summed E-state index contributed by atoms with van der Waals surface area (Å²) >= 11 is 0. The number of methoxy groups -OCH3 is 1. The summed E-state index contributed by atoms with van der Waals surface area (Å²) < 4.78 is 4.97. The van der Waals surface area contributed by atoms with E-state index in [-0.39, 0.29) is 11.4 Å². The maximum absolute atomic E-state index is 11.7. The van der Waals surface area contributed by atoms with Crippen molar-refractivity contribution in [3.8, 4) is 5.75 Å². The SMILES string of the molecule is COc1ccc(NC(=O)C(=N/O)/C(C)=N\O)cc1. The van der Waals surface area contributed by atoms with Crippen LogP contribution in [-0.4, -0.2) is 34.9 Å². The molecule has 1 rings (SSSR count). The van der Waals surface area contributed by atoms with Crippen molar-refractivity contribution in [3.05, 3.63) is 24.3 Å². The Balaban J connectivity index is 2.80. The molecule has 0 aliphatic carbocycles. The maximum atomic E-state index is 11.7. The first-order chi connectivity index (χ1) is 8.62. The van der Waals surface area contributed by atoms with Gasteiger partial charge in [0.15, 0.2) is 5.71 Å². The van der Waals surface area contributed by atoms with Gasteiger partial charge in [-0.2, -0.15) is 0 Å². The number of benzene rings is 1. The molecule has 0 atom stereocenters. The van der Waals surface area contributed by atoms with Crippen molar-refractivity contribution in [1.82, 2.24) is 0 Å². The zero-order chi connectivity index (χ0) is 13.5. The molecule has 0 aromatic heterocycles. The molecule has 0 fully saturated rings. The molecule has 1 aromatic carbocycles. The van der Waals surface area contributed by atoms with Crippen LogP contribution < -0.4 is 10.1 Å². The van der Waals surface area contributed by atoms with Gasteiger partial charge in [0.2, 0.25) is 0 Å². The third-order valence-electron chi connectivity index (χ3n) is 2.16. The van der Waals surface area contributed by atoms with Gasteiger partial charge in [0, 0.05) is 5.69 Å². The number of nitrogens with zero attached hydrogens (tertiary/aromatic N) is 2. The van der Waals surface area contributed by atoms with E-state index in [1.165, 1.54) is 14.0 Å². The number of hydrogen-bond acceptors (Lipinski definition) is 6. The van der Waals surface area contributed by atoms with E-state index in [1.807, 2.05) is 0 Å². The Bertz CT molecular complexity index is 480. The number of oxime groups is 2. The molecule has 0 bridgehead atoms. The highest BCUT2D eigenvalue weighted by Gasteiger charge is 2.16. The highest BCUT2D eigenvalue weighted by Crippen LogP contribution is 2.14. The highest BCUT2D eigenvalue weighted by molar-refractivity contribution is 6.68. The second kappa shape index (κ2) is 6.24. The van der Waals surface area contributed by atoms with Gasteiger partial charge >= 0.3 is 0 Å². The van der Waals surface area contributed by atoms with Gasteiger partial charge in [-0.3, -0.25) is 4.79 Å². The molecule has 0 unspecified atom stereocenters. The molecular weight excluding hydrogens is 238 g/mol. The van der Waals surface area contributed by atoms with Gasteiger partial charge in [-0.05, 0) is 31.2 Å². The largest absolute Gasteiger partial charge is 0.497 e. The van der Waals surface area contributed by atoms with Crippen LogP contribution >= 0.6 is 0 Å². The lowest BCUT2D eigenvalue weighted by Gasteiger charge is -2.06. The number of ether oxygens (including phenoxy) is 1. The molecule has 3 N–H and O–H groups in total. The van der Waals surface area contributed by atoms with Crippen LogP contribution in [0.15, 0.2) is 34.6 Å². The summed E-state index contributed by atoms with van der Waals surface area (Å²) in [5.41, 5.74) is 0.0320. The second-order valence-electron chi connectivity index (χ2n) is 3.32. The van der Waals surface area contributed by atoms with Gasteiger partial charge in [0.05, 0.1) is 7.11 Å². The molecule has 7 heteroatoms. The maximum Gasteiger partial charge on any atom is 0.279 e. The van der Waals surface area contributed by atoms with Gasteiger partial charge in [-0.25, -0.2) is 0 Å². The second-order valence-corrected chi connectivity index (χ2v) is 3.32. The van der Waals surface area contributed by atoms with E-state index in [0.717, 1.165) is 0 Å². The summed E-state index contributed by atoms with van der Waals surface area (Å²) in [6.07, 6.45) is 0. The zero-order valence-corrected chi connectivity index (χ0v) is 9.91. The third kappa shape index (κ3) is 3.21. The average molecular weight is 251 g/mol. The molecule has 7 nitrogen and oxygen atoms in total. The lowest BCUT2D eigenvalue weighted by Crippen LogP contribution is -2.28. The number of rotatable bonds is 4. The van der Waals surface area contributed by atoms with Crippen LogP contribution in [0.25, 0.3) is 0 Å². The molecule has 0 aliphatic rings. The van der Waals surface area contributed by atoms with Gasteiger partial charge < -0.3 is 20.5 Å². The lowest BCUT2D eigenvalue weighted by molar-refractivity contribution is -0.110. The van der Waals surface area contributed by atoms with Crippen molar-refractivity contribution in [2.45, 2.75) is 6.92 Å². The Morgan fingerprint density at radius 1 is 1.22 bits per heavy atom. The molecule has 1 aromatic rings. The summed E-state index contributed by atoms with van der Waals surface area (Å²) in [6.45, 7) is 1.34. The Morgan fingerprint density at radius 2 is 1.83 bits per heavy atom. The van der Waals surface area contributed by atoms with Crippen LogP contribution in [0.4, 0.5) is 5.69 Å². The third-order valence-corrected chi connectivity index (χ3v) is 2.16. The molecule has 96 valence electrons. The van der Waals surface area contributed by atoms with Gasteiger partial charge in [-0.15, -0.1) is 0 Å². The van der Waals surface area contributed by atoms with Gasteiger partial charge in [0.1, 0.15) is 11.5 Å². The number of hydrogen-bond donors (Lipinski definition) is 3. The fraction of sp³-hybridized carbons (Fsp3) is 0.182. The molecule has 0 heterocycles. The topological polar surface area (TPSA) is 104 Å². The Kier molecular flexibility index (Phi) is 4.67. The average Bonchev–Trinajstić information content (AvgIpc) is 2.40. The van der Waals surface area contributed by atoms with E-state index in [0.29, 0.717) is 11.4 Å². The smallest absolute Gasteiger partial charge is 0.279 e. The first-order valence-corrected chi connectivity index (χ1v) is 4.99. The highest BCUT2D eigenvalue weighted by atomic mass is 16.5. The molecule has 0 spiro atoms. The van der Waals surface area contributed by atoms with Crippen LogP contribution in [0.1, 0.15) is 6.92 Å². The van der Waals surface area contributed by atoms with Crippen molar-refractivity contribution in [2.24, 2.45) is 10.3 Å². The Labute approximate surface area is 103 Å². The van der Waals surface area contributed by atoms with Gasteiger partial charge in [-0.1, -0.05) is 10.3 Å².